The second kappa shape index (κ2) is 6.92. The summed E-state index contributed by atoms with van der Waals surface area (Å²) in [6.07, 6.45) is 4.22. The minimum atomic E-state index is 0.421. The lowest BCUT2D eigenvalue weighted by Crippen LogP contribution is -2.19. The van der Waals surface area contributed by atoms with Crippen LogP contribution in [0.25, 0.3) is 0 Å². The Morgan fingerprint density at radius 3 is 3.07 bits per heavy atom. The third-order valence-electron chi connectivity index (χ3n) is 2.10. The van der Waals surface area contributed by atoms with Crippen LogP contribution in [0.3, 0.4) is 0 Å². The molecule has 0 fully saturated rings. The van der Waals surface area contributed by atoms with Crippen LogP contribution in [-0.2, 0) is 4.74 Å². The molecule has 1 heterocycles. The summed E-state index contributed by atoms with van der Waals surface area (Å²) in [6, 6.07) is 0.421. The highest BCUT2D eigenvalue weighted by atomic mass is 32.1. The number of hydrogen-bond donors (Lipinski definition) is 1. The highest BCUT2D eigenvalue weighted by Crippen LogP contribution is 2.15. The highest BCUT2D eigenvalue weighted by molar-refractivity contribution is 7.09. The molecular formula is C10H18N2OS. The number of ether oxygens (including phenoxy) is 1. The lowest BCUT2D eigenvalue weighted by atomic mass is 10.2. The van der Waals surface area contributed by atoms with Gasteiger partial charge in [0.25, 0.3) is 0 Å². The summed E-state index contributed by atoms with van der Waals surface area (Å²) in [5.74, 6) is 0. The zero-order valence-corrected chi connectivity index (χ0v) is 9.64. The van der Waals surface area contributed by atoms with Gasteiger partial charge in [-0.2, -0.15) is 0 Å². The minimum Gasteiger partial charge on any atom is -0.385 e. The Balaban J connectivity index is 2.07. The summed E-state index contributed by atoms with van der Waals surface area (Å²) in [4.78, 5) is 5.36. The Kier molecular flexibility index (Phi) is 5.75. The topological polar surface area (TPSA) is 34.1 Å². The van der Waals surface area contributed by atoms with E-state index in [0.717, 1.165) is 26.0 Å². The maximum Gasteiger partial charge on any atom is 0.0794 e. The minimum absolute atomic E-state index is 0.421. The molecule has 0 amide bonds. The first-order valence-electron chi connectivity index (χ1n) is 4.95. The van der Waals surface area contributed by atoms with E-state index in [4.69, 9.17) is 4.74 Å². The maximum atomic E-state index is 4.99. The van der Waals surface area contributed by atoms with Crippen molar-refractivity contribution in [1.29, 1.82) is 0 Å². The molecule has 1 unspecified atom stereocenters. The molecule has 0 spiro atoms. The molecule has 1 aromatic rings. The Morgan fingerprint density at radius 2 is 2.43 bits per heavy atom. The zero-order valence-electron chi connectivity index (χ0n) is 8.82. The number of thiazole rings is 1. The lowest BCUT2D eigenvalue weighted by Gasteiger charge is -2.10. The van der Waals surface area contributed by atoms with E-state index in [-0.39, 0.29) is 0 Å². The summed E-state index contributed by atoms with van der Waals surface area (Å²) >= 11 is 1.70. The van der Waals surface area contributed by atoms with Crippen molar-refractivity contribution >= 4 is 11.3 Å². The summed E-state index contributed by atoms with van der Waals surface area (Å²) in [7, 11) is 1.74. The molecule has 0 aromatic carbocycles. The van der Waals surface area contributed by atoms with Gasteiger partial charge in [-0.25, -0.2) is 0 Å². The Labute approximate surface area is 89.5 Å². The van der Waals surface area contributed by atoms with Crippen molar-refractivity contribution in [2.24, 2.45) is 0 Å². The smallest absolute Gasteiger partial charge is 0.0794 e. The van der Waals surface area contributed by atoms with E-state index in [1.54, 1.807) is 18.4 Å². The van der Waals surface area contributed by atoms with Crippen LogP contribution in [0.5, 0.6) is 0 Å². The van der Waals surface area contributed by atoms with Gasteiger partial charge in [-0.3, -0.25) is 4.98 Å². The SMILES string of the molecule is COCCCCNC(C)c1cncs1. The first kappa shape index (κ1) is 11.6. The van der Waals surface area contributed by atoms with Gasteiger partial charge in [0.05, 0.1) is 5.51 Å². The third kappa shape index (κ3) is 4.17. The van der Waals surface area contributed by atoms with E-state index in [0.29, 0.717) is 6.04 Å². The van der Waals surface area contributed by atoms with Crippen LogP contribution in [0.2, 0.25) is 0 Å². The van der Waals surface area contributed by atoms with E-state index in [1.165, 1.54) is 4.88 Å². The predicted molar refractivity (Wildman–Crippen MR) is 59.6 cm³/mol. The van der Waals surface area contributed by atoms with Gasteiger partial charge in [-0.05, 0) is 26.3 Å². The van der Waals surface area contributed by atoms with Crippen LogP contribution in [0.4, 0.5) is 0 Å². The fourth-order valence-electron chi connectivity index (χ4n) is 1.23. The maximum absolute atomic E-state index is 4.99. The van der Waals surface area contributed by atoms with E-state index < -0.39 is 0 Å². The molecule has 0 aliphatic heterocycles. The monoisotopic (exact) mass is 214 g/mol. The first-order valence-corrected chi connectivity index (χ1v) is 5.83. The molecule has 1 rings (SSSR count). The number of unbranched alkanes of at least 4 members (excludes halogenated alkanes) is 1. The Morgan fingerprint density at radius 1 is 1.57 bits per heavy atom. The molecule has 4 heteroatoms. The Bertz CT molecular complexity index is 226. The van der Waals surface area contributed by atoms with Crippen molar-refractivity contribution in [1.82, 2.24) is 10.3 Å². The molecule has 0 saturated heterocycles. The normalized spacial score (nSPS) is 13.0. The number of hydrogen-bond acceptors (Lipinski definition) is 4. The van der Waals surface area contributed by atoms with Gasteiger partial charge >= 0.3 is 0 Å². The van der Waals surface area contributed by atoms with Crippen molar-refractivity contribution in [3.8, 4) is 0 Å². The van der Waals surface area contributed by atoms with Gasteiger partial charge in [0, 0.05) is 30.8 Å². The highest BCUT2D eigenvalue weighted by Gasteiger charge is 2.04. The standard InChI is InChI=1S/C10H18N2OS/c1-9(10-7-11-8-14-10)12-5-3-4-6-13-2/h7-9,12H,3-6H2,1-2H3. The fraction of sp³-hybridized carbons (Fsp3) is 0.700. The quantitative estimate of drug-likeness (QED) is 0.707. The molecule has 0 aliphatic rings. The second-order valence-corrected chi connectivity index (χ2v) is 4.20. The molecule has 0 bridgehead atoms. The van der Waals surface area contributed by atoms with Gasteiger partial charge in [0.15, 0.2) is 0 Å². The van der Waals surface area contributed by atoms with Crippen LogP contribution in [-0.4, -0.2) is 25.2 Å². The lowest BCUT2D eigenvalue weighted by molar-refractivity contribution is 0.192. The first-order chi connectivity index (χ1) is 6.84. The van der Waals surface area contributed by atoms with Gasteiger partial charge in [0.2, 0.25) is 0 Å². The molecule has 14 heavy (non-hydrogen) atoms. The molecule has 0 saturated carbocycles. The molecule has 0 radical (unpaired) electrons. The molecule has 3 nitrogen and oxygen atoms in total. The molecular weight excluding hydrogens is 196 g/mol. The van der Waals surface area contributed by atoms with E-state index in [2.05, 4.69) is 17.2 Å². The third-order valence-corrected chi connectivity index (χ3v) is 3.06. The molecule has 1 aromatic heterocycles. The van der Waals surface area contributed by atoms with Gasteiger partial charge in [-0.15, -0.1) is 11.3 Å². The number of aromatic nitrogens is 1. The molecule has 1 atom stereocenters. The van der Waals surface area contributed by atoms with E-state index >= 15 is 0 Å². The Hall–Kier alpha value is -0.450. The molecule has 0 aliphatic carbocycles. The summed E-state index contributed by atoms with van der Waals surface area (Å²) in [6.45, 7) is 4.07. The number of nitrogens with one attached hydrogen (secondary N) is 1. The average molecular weight is 214 g/mol. The van der Waals surface area contributed by atoms with Gasteiger partial charge in [0.1, 0.15) is 0 Å². The van der Waals surface area contributed by atoms with Crippen molar-refractivity contribution in [2.75, 3.05) is 20.3 Å². The number of rotatable bonds is 7. The van der Waals surface area contributed by atoms with Crippen molar-refractivity contribution in [2.45, 2.75) is 25.8 Å². The fourth-order valence-corrected chi connectivity index (χ4v) is 1.88. The van der Waals surface area contributed by atoms with Crippen LogP contribution < -0.4 is 5.32 Å². The van der Waals surface area contributed by atoms with Gasteiger partial charge < -0.3 is 10.1 Å². The molecule has 1 N–H and O–H groups in total. The molecule has 80 valence electrons. The summed E-state index contributed by atoms with van der Waals surface area (Å²) in [5.41, 5.74) is 1.87. The van der Waals surface area contributed by atoms with Crippen LogP contribution >= 0.6 is 11.3 Å². The number of methoxy groups -OCH3 is 1. The van der Waals surface area contributed by atoms with Crippen molar-refractivity contribution in [3.05, 3.63) is 16.6 Å². The van der Waals surface area contributed by atoms with Crippen molar-refractivity contribution in [3.63, 3.8) is 0 Å². The second-order valence-electron chi connectivity index (χ2n) is 3.28. The summed E-state index contributed by atoms with van der Waals surface area (Å²) in [5, 5.41) is 3.46. The average Bonchev–Trinajstić information content (AvgIpc) is 2.70. The van der Waals surface area contributed by atoms with E-state index in [1.807, 2.05) is 11.7 Å². The van der Waals surface area contributed by atoms with Gasteiger partial charge in [-0.1, -0.05) is 0 Å². The zero-order chi connectivity index (χ0) is 10.2. The number of nitrogens with zero attached hydrogens (tertiary/aromatic N) is 1. The van der Waals surface area contributed by atoms with Crippen LogP contribution in [0.15, 0.2) is 11.7 Å². The largest absolute Gasteiger partial charge is 0.385 e. The predicted octanol–water partition coefficient (Wildman–Crippen LogP) is 2.22. The van der Waals surface area contributed by atoms with Crippen molar-refractivity contribution < 1.29 is 4.74 Å². The summed E-state index contributed by atoms with van der Waals surface area (Å²) < 4.78 is 4.99. The van der Waals surface area contributed by atoms with E-state index in [9.17, 15) is 0 Å². The van der Waals surface area contributed by atoms with Crippen LogP contribution in [0.1, 0.15) is 30.7 Å². The van der Waals surface area contributed by atoms with Crippen LogP contribution in [0, 0.1) is 0 Å².